The van der Waals surface area contributed by atoms with Crippen LogP contribution in [0.2, 0.25) is 5.02 Å². The first-order valence-corrected chi connectivity index (χ1v) is 6.42. The average molecular weight is 317 g/mol. The normalized spacial score (nSPS) is 10.9. The standard InChI is InChI=1S/C14H17ClO6/c1-14(2,13(18)20-4)7-21-11-9(12(16)17)5-8(15)6-10(11)19-3/h5-6H,7H2,1-4H3,(H,16,17). The van der Waals surface area contributed by atoms with Gasteiger partial charge in [0.05, 0.1) is 19.6 Å². The van der Waals surface area contributed by atoms with E-state index in [1.165, 1.54) is 26.4 Å². The maximum atomic E-state index is 11.6. The Morgan fingerprint density at radius 3 is 2.38 bits per heavy atom. The number of rotatable bonds is 6. The predicted molar refractivity (Wildman–Crippen MR) is 76.3 cm³/mol. The van der Waals surface area contributed by atoms with Gasteiger partial charge < -0.3 is 19.3 Å². The van der Waals surface area contributed by atoms with E-state index in [9.17, 15) is 14.7 Å². The number of esters is 1. The number of halogens is 1. The van der Waals surface area contributed by atoms with Crippen molar-refractivity contribution in [2.75, 3.05) is 20.8 Å². The predicted octanol–water partition coefficient (Wildman–Crippen LogP) is 2.62. The van der Waals surface area contributed by atoms with Crippen molar-refractivity contribution in [2.45, 2.75) is 13.8 Å². The van der Waals surface area contributed by atoms with E-state index in [-0.39, 0.29) is 28.7 Å². The summed E-state index contributed by atoms with van der Waals surface area (Å²) in [5.74, 6) is -1.47. The van der Waals surface area contributed by atoms with Crippen molar-refractivity contribution in [1.82, 2.24) is 0 Å². The maximum Gasteiger partial charge on any atom is 0.339 e. The molecule has 1 N–H and O–H groups in total. The SMILES string of the molecule is COC(=O)C(C)(C)COc1c(OC)cc(Cl)cc1C(=O)O. The number of hydrogen-bond donors (Lipinski definition) is 1. The second-order valence-corrected chi connectivity index (χ2v) is 5.39. The van der Waals surface area contributed by atoms with Crippen molar-refractivity contribution in [3.63, 3.8) is 0 Å². The largest absolute Gasteiger partial charge is 0.493 e. The summed E-state index contributed by atoms with van der Waals surface area (Å²) in [6, 6.07) is 2.70. The minimum Gasteiger partial charge on any atom is -0.493 e. The molecule has 6 nitrogen and oxygen atoms in total. The minimum absolute atomic E-state index is 0.0198. The van der Waals surface area contributed by atoms with Crippen molar-refractivity contribution < 1.29 is 28.9 Å². The fourth-order valence-electron chi connectivity index (χ4n) is 1.62. The van der Waals surface area contributed by atoms with Crippen LogP contribution in [-0.4, -0.2) is 37.9 Å². The molecule has 0 fully saturated rings. The van der Waals surface area contributed by atoms with Gasteiger partial charge in [-0.05, 0) is 19.9 Å². The monoisotopic (exact) mass is 316 g/mol. The summed E-state index contributed by atoms with van der Waals surface area (Å²) in [4.78, 5) is 22.9. The smallest absolute Gasteiger partial charge is 0.339 e. The first kappa shape index (κ1) is 17.1. The average Bonchev–Trinajstić information content (AvgIpc) is 2.43. The van der Waals surface area contributed by atoms with Gasteiger partial charge in [-0.1, -0.05) is 11.6 Å². The summed E-state index contributed by atoms with van der Waals surface area (Å²) in [5, 5.41) is 9.42. The molecule has 0 heterocycles. The molecule has 0 saturated carbocycles. The van der Waals surface area contributed by atoms with Gasteiger partial charge in [-0.15, -0.1) is 0 Å². The summed E-state index contributed by atoms with van der Waals surface area (Å²) in [6.45, 7) is 3.18. The molecular weight excluding hydrogens is 300 g/mol. The van der Waals surface area contributed by atoms with Gasteiger partial charge in [0.1, 0.15) is 12.2 Å². The van der Waals surface area contributed by atoms with Crippen LogP contribution in [0, 0.1) is 5.41 Å². The van der Waals surface area contributed by atoms with E-state index in [4.69, 9.17) is 21.1 Å². The Balaban J connectivity index is 3.12. The lowest BCUT2D eigenvalue weighted by Crippen LogP contribution is -2.32. The molecule has 7 heteroatoms. The summed E-state index contributed by atoms with van der Waals surface area (Å²) in [5.41, 5.74) is -1.07. The number of aromatic carboxylic acids is 1. The van der Waals surface area contributed by atoms with E-state index in [2.05, 4.69) is 4.74 Å². The van der Waals surface area contributed by atoms with Crippen LogP contribution in [0.25, 0.3) is 0 Å². The minimum atomic E-state index is -1.21. The van der Waals surface area contributed by atoms with Gasteiger partial charge >= 0.3 is 11.9 Å². The molecular formula is C14H17ClO6. The highest BCUT2D eigenvalue weighted by Gasteiger charge is 2.31. The van der Waals surface area contributed by atoms with Crippen LogP contribution in [0.5, 0.6) is 11.5 Å². The molecule has 1 aromatic rings. The Bertz CT molecular complexity index is 553. The summed E-state index contributed by atoms with van der Waals surface area (Å²) in [7, 11) is 2.64. The molecule has 0 aliphatic heterocycles. The van der Waals surface area contributed by atoms with E-state index in [1.807, 2.05) is 0 Å². The topological polar surface area (TPSA) is 82.1 Å². The van der Waals surface area contributed by atoms with Gasteiger partial charge in [0.15, 0.2) is 11.5 Å². The zero-order valence-electron chi connectivity index (χ0n) is 12.2. The van der Waals surface area contributed by atoms with Crippen LogP contribution in [0.1, 0.15) is 24.2 Å². The Hall–Kier alpha value is -1.95. The first-order chi connectivity index (χ1) is 9.72. The Morgan fingerprint density at radius 2 is 1.90 bits per heavy atom. The lowest BCUT2D eigenvalue weighted by molar-refractivity contribution is -0.152. The second kappa shape index (κ2) is 6.67. The molecule has 0 saturated heterocycles. The van der Waals surface area contributed by atoms with Crippen LogP contribution >= 0.6 is 11.6 Å². The molecule has 21 heavy (non-hydrogen) atoms. The maximum absolute atomic E-state index is 11.6. The van der Waals surface area contributed by atoms with Gasteiger partial charge in [-0.3, -0.25) is 4.79 Å². The molecule has 0 aliphatic carbocycles. The summed E-state index contributed by atoms with van der Waals surface area (Å²) >= 11 is 5.83. The highest BCUT2D eigenvalue weighted by Crippen LogP contribution is 2.36. The number of methoxy groups -OCH3 is 2. The van der Waals surface area contributed by atoms with Crippen LogP contribution in [0.3, 0.4) is 0 Å². The van der Waals surface area contributed by atoms with Gasteiger partial charge in [0, 0.05) is 11.1 Å². The highest BCUT2D eigenvalue weighted by atomic mass is 35.5. The fourth-order valence-corrected chi connectivity index (χ4v) is 1.82. The highest BCUT2D eigenvalue weighted by molar-refractivity contribution is 6.31. The summed E-state index contributed by atoms with van der Waals surface area (Å²) in [6.07, 6.45) is 0. The van der Waals surface area contributed by atoms with Crippen LogP contribution in [0.4, 0.5) is 0 Å². The zero-order valence-corrected chi connectivity index (χ0v) is 13.0. The Morgan fingerprint density at radius 1 is 1.29 bits per heavy atom. The second-order valence-electron chi connectivity index (χ2n) is 4.95. The van der Waals surface area contributed by atoms with E-state index < -0.39 is 17.4 Å². The Kier molecular flexibility index (Phi) is 5.43. The third-order valence-corrected chi connectivity index (χ3v) is 3.00. The van der Waals surface area contributed by atoms with Crippen LogP contribution in [-0.2, 0) is 9.53 Å². The number of ether oxygens (including phenoxy) is 3. The van der Waals surface area contributed by atoms with E-state index in [0.29, 0.717) is 0 Å². The molecule has 0 unspecified atom stereocenters. The van der Waals surface area contributed by atoms with Gasteiger partial charge in [0.2, 0.25) is 0 Å². The molecule has 0 amide bonds. The van der Waals surface area contributed by atoms with E-state index in [1.54, 1.807) is 13.8 Å². The lowest BCUT2D eigenvalue weighted by atomic mass is 9.95. The van der Waals surface area contributed by atoms with Crippen molar-refractivity contribution >= 4 is 23.5 Å². The molecule has 0 aromatic heterocycles. The van der Waals surface area contributed by atoms with E-state index >= 15 is 0 Å². The number of benzene rings is 1. The van der Waals surface area contributed by atoms with Crippen molar-refractivity contribution in [1.29, 1.82) is 0 Å². The number of carbonyl (C=O) groups excluding carboxylic acids is 1. The molecule has 0 spiro atoms. The number of carbonyl (C=O) groups is 2. The molecule has 116 valence electrons. The Labute approximate surface area is 127 Å². The van der Waals surface area contributed by atoms with Gasteiger partial charge in [0.25, 0.3) is 0 Å². The van der Waals surface area contributed by atoms with Gasteiger partial charge in [-0.2, -0.15) is 0 Å². The van der Waals surface area contributed by atoms with E-state index in [0.717, 1.165) is 0 Å². The molecule has 1 rings (SSSR count). The molecule has 0 atom stereocenters. The lowest BCUT2D eigenvalue weighted by Gasteiger charge is -2.23. The first-order valence-electron chi connectivity index (χ1n) is 6.05. The summed E-state index contributed by atoms with van der Waals surface area (Å²) < 4.78 is 15.2. The molecule has 0 aliphatic rings. The number of hydrogen-bond acceptors (Lipinski definition) is 5. The molecule has 0 bridgehead atoms. The van der Waals surface area contributed by atoms with Crippen LogP contribution in [0.15, 0.2) is 12.1 Å². The third kappa shape index (κ3) is 4.01. The zero-order chi connectivity index (χ0) is 16.2. The fraction of sp³-hybridized carbons (Fsp3) is 0.429. The van der Waals surface area contributed by atoms with Crippen molar-refractivity contribution in [2.24, 2.45) is 5.41 Å². The van der Waals surface area contributed by atoms with Gasteiger partial charge in [-0.25, -0.2) is 4.79 Å². The molecule has 1 aromatic carbocycles. The third-order valence-electron chi connectivity index (χ3n) is 2.79. The van der Waals surface area contributed by atoms with Crippen LogP contribution < -0.4 is 9.47 Å². The van der Waals surface area contributed by atoms with Crippen molar-refractivity contribution in [3.8, 4) is 11.5 Å². The quantitative estimate of drug-likeness (QED) is 0.812. The number of carboxylic acid groups (broad SMARTS) is 1. The van der Waals surface area contributed by atoms with Crippen molar-refractivity contribution in [3.05, 3.63) is 22.7 Å². The molecule has 0 radical (unpaired) electrons. The number of carboxylic acids is 1.